The summed E-state index contributed by atoms with van der Waals surface area (Å²) in [6, 6.07) is 0. The van der Waals surface area contributed by atoms with Crippen LogP contribution in [0, 0.1) is 0 Å². The zero-order chi connectivity index (χ0) is 10.2. The molecule has 3 aliphatic heterocycles. The quantitative estimate of drug-likeness (QED) is 0.644. The molecule has 4 aliphatic rings. The molecule has 15 heavy (non-hydrogen) atoms. The molecule has 0 amide bonds. The van der Waals surface area contributed by atoms with Crippen LogP contribution in [0.5, 0.6) is 0 Å². The first kappa shape index (κ1) is 9.59. The lowest BCUT2D eigenvalue weighted by Gasteiger charge is -2.54. The Bertz CT molecular complexity index is 270. The van der Waals surface area contributed by atoms with Crippen LogP contribution in [0.25, 0.3) is 0 Å². The first-order chi connectivity index (χ1) is 7.33. The van der Waals surface area contributed by atoms with E-state index in [9.17, 15) is 0 Å². The molecule has 1 saturated carbocycles. The minimum Gasteiger partial charge on any atom is -0.284 e. The largest absolute Gasteiger partial charge is 0.284 e. The van der Waals surface area contributed by atoms with Crippen molar-refractivity contribution in [3.05, 3.63) is 12.2 Å². The van der Waals surface area contributed by atoms with E-state index in [1.807, 2.05) is 6.21 Å². The Morgan fingerprint density at radius 3 is 2.60 bits per heavy atom. The number of hydrogen-bond acceptors (Lipinski definition) is 2. The minimum atomic E-state index is 0.112. The summed E-state index contributed by atoms with van der Waals surface area (Å²) in [6.45, 7) is 0. The van der Waals surface area contributed by atoms with Gasteiger partial charge in [-0.05, 0) is 25.3 Å². The first-order valence-electron chi connectivity index (χ1n) is 6.35. The normalized spacial score (nSPS) is 44.3. The minimum absolute atomic E-state index is 0.112. The number of fused-ring (bicyclic) bond motifs is 1. The molecular weight excluding hydrogens is 184 g/mol. The Kier molecular flexibility index (Phi) is 2.20. The highest BCUT2D eigenvalue weighted by Crippen LogP contribution is 2.44. The van der Waals surface area contributed by atoms with Gasteiger partial charge in [0.05, 0.1) is 0 Å². The molecule has 2 nitrogen and oxygen atoms in total. The lowest BCUT2D eigenvalue weighted by atomic mass is 9.71. The van der Waals surface area contributed by atoms with Gasteiger partial charge in [-0.3, -0.25) is 10.3 Å². The molecule has 2 heteroatoms. The van der Waals surface area contributed by atoms with Gasteiger partial charge in [0.25, 0.3) is 0 Å². The summed E-state index contributed by atoms with van der Waals surface area (Å²) in [5.74, 6) is 0. The average molecular weight is 204 g/mol. The first-order valence-corrected chi connectivity index (χ1v) is 6.35. The molecule has 4 rings (SSSR count). The molecule has 3 heterocycles. The predicted octanol–water partition coefficient (Wildman–Crippen LogP) is 2.80. The fourth-order valence-corrected chi connectivity index (χ4v) is 3.40. The van der Waals surface area contributed by atoms with Crippen LogP contribution in [0.3, 0.4) is 0 Å². The van der Waals surface area contributed by atoms with Gasteiger partial charge in [-0.1, -0.05) is 31.8 Å². The van der Waals surface area contributed by atoms with Crippen molar-refractivity contribution in [2.24, 2.45) is 4.99 Å². The van der Waals surface area contributed by atoms with Crippen molar-refractivity contribution in [3.63, 3.8) is 0 Å². The summed E-state index contributed by atoms with van der Waals surface area (Å²) in [6.07, 6.45) is 17.1. The monoisotopic (exact) mass is 204 g/mol. The topological polar surface area (TPSA) is 24.4 Å². The maximum absolute atomic E-state index is 4.69. The maximum Gasteiger partial charge on any atom is 0.113 e. The van der Waals surface area contributed by atoms with Crippen molar-refractivity contribution in [1.82, 2.24) is 5.32 Å². The third kappa shape index (κ3) is 1.65. The zero-order valence-electron chi connectivity index (χ0n) is 9.34. The molecule has 0 radical (unpaired) electrons. The van der Waals surface area contributed by atoms with Crippen LogP contribution in [0.4, 0.5) is 0 Å². The predicted molar refractivity (Wildman–Crippen MR) is 63.2 cm³/mol. The SMILES string of the molecule is C1=CC23CCCCCCCC(C2)(N=C1)N3. The summed E-state index contributed by atoms with van der Waals surface area (Å²) >= 11 is 0. The summed E-state index contributed by atoms with van der Waals surface area (Å²) < 4.78 is 0. The third-order valence-corrected chi connectivity index (χ3v) is 4.13. The number of aliphatic imine (C=N–C) groups is 1. The molecule has 2 unspecified atom stereocenters. The van der Waals surface area contributed by atoms with Gasteiger partial charge in [-0.15, -0.1) is 0 Å². The number of hydrogen-bond donors (Lipinski definition) is 1. The second-order valence-electron chi connectivity index (χ2n) is 5.39. The van der Waals surface area contributed by atoms with E-state index in [4.69, 9.17) is 0 Å². The van der Waals surface area contributed by atoms with Crippen LogP contribution < -0.4 is 5.32 Å². The van der Waals surface area contributed by atoms with Crippen molar-refractivity contribution in [2.75, 3.05) is 0 Å². The van der Waals surface area contributed by atoms with E-state index in [0.717, 1.165) is 0 Å². The second-order valence-corrected chi connectivity index (χ2v) is 5.39. The Morgan fingerprint density at radius 2 is 1.73 bits per heavy atom. The number of nitrogens with zero attached hydrogens (tertiary/aromatic N) is 1. The molecule has 1 saturated heterocycles. The summed E-state index contributed by atoms with van der Waals surface area (Å²) in [4.78, 5) is 4.69. The number of rotatable bonds is 0. The van der Waals surface area contributed by atoms with Crippen molar-refractivity contribution < 1.29 is 0 Å². The van der Waals surface area contributed by atoms with Gasteiger partial charge in [0.1, 0.15) is 5.66 Å². The van der Waals surface area contributed by atoms with Crippen LogP contribution in [0.2, 0.25) is 0 Å². The average Bonchev–Trinajstić information content (AvgIpc) is 2.47. The second kappa shape index (κ2) is 3.44. The Balaban J connectivity index is 1.81. The fraction of sp³-hybridized carbons (Fsp3) is 0.769. The summed E-state index contributed by atoms with van der Waals surface area (Å²) in [5, 5.41) is 3.75. The van der Waals surface area contributed by atoms with Crippen molar-refractivity contribution in [1.29, 1.82) is 0 Å². The molecule has 2 fully saturated rings. The highest BCUT2D eigenvalue weighted by molar-refractivity contribution is 5.73. The molecule has 0 aromatic rings. The highest BCUT2D eigenvalue weighted by Gasteiger charge is 2.52. The van der Waals surface area contributed by atoms with E-state index in [1.165, 1.54) is 51.4 Å². The maximum atomic E-state index is 4.69. The third-order valence-electron chi connectivity index (χ3n) is 4.13. The summed E-state index contributed by atoms with van der Waals surface area (Å²) in [7, 11) is 0. The van der Waals surface area contributed by atoms with Crippen LogP contribution in [-0.2, 0) is 0 Å². The molecule has 0 spiro atoms. The van der Waals surface area contributed by atoms with Gasteiger partial charge < -0.3 is 0 Å². The molecule has 2 atom stereocenters. The lowest BCUT2D eigenvalue weighted by molar-refractivity contribution is 0.0647. The van der Waals surface area contributed by atoms with E-state index < -0.39 is 0 Å². The van der Waals surface area contributed by atoms with Crippen LogP contribution in [-0.4, -0.2) is 17.4 Å². The van der Waals surface area contributed by atoms with E-state index in [2.05, 4.69) is 22.5 Å². The van der Waals surface area contributed by atoms with Gasteiger partial charge in [0.15, 0.2) is 0 Å². The van der Waals surface area contributed by atoms with Crippen molar-refractivity contribution >= 4 is 6.21 Å². The van der Waals surface area contributed by atoms with Crippen molar-refractivity contribution in [2.45, 2.75) is 62.6 Å². The molecule has 1 N–H and O–H groups in total. The van der Waals surface area contributed by atoms with Gasteiger partial charge in [-0.2, -0.15) is 0 Å². The summed E-state index contributed by atoms with van der Waals surface area (Å²) in [5.41, 5.74) is 0.411. The van der Waals surface area contributed by atoms with Gasteiger partial charge >= 0.3 is 0 Å². The van der Waals surface area contributed by atoms with Crippen LogP contribution >= 0.6 is 0 Å². The highest BCUT2D eigenvalue weighted by atomic mass is 15.3. The smallest absolute Gasteiger partial charge is 0.113 e. The molecule has 1 aliphatic carbocycles. The van der Waals surface area contributed by atoms with E-state index in [-0.39, 0.29) is 5.66 Å². The Morgan fingerprint density at radius 1 is 1.00 bits per heavy atom. The van der Waals surface area contributed by atoms with E-state index in [0.29, 0.717) is 5.54 Å². The standard InChI is InChI=1S/C13H20N2/c1-2-4-7-12-8-6-10-14-13(11-12,15-12)9-5-3-1/h6,8,10,15H,1-5,7,9,11H2. The van der Waals surface area contributed by atoms with Gasteiger partial charge in [0, 0.05) is 18.2 Å². The molecule has 2 bridgehead atoms. The van der Waals surface area contributed by atoms with Crippen molar-refractivity contribution in [3.8, 4) is 0 Å². The van der Waals surface area contributed by atoms with Crippen LogP contribution in [0.1, 0.15) is 51.4 Å². The Hall–Kier alpha value is -0.630. The van der Waals surface area contributed by atoms with Gasteiger partial charge in [-0.25, -0.2) is 0 Å². The Labute approximate surface area is 91.9 Å². The number of nitrogens with one attached hydrogen (secondary N) is 1. The molecule has 82 valence electrons. The fourth-order valence-electron chi connectivity index (χ4n) is 3.40. The van der Waals surface area contributed by atoms with Crippen LogP contribution in [0.15, 0.2) is 17.1 Å². The zero-order valence-corrected chi connectivity index (χ0v) is 9.34. The lowest BCUT2D eigenvalue weighted by Crippen LogP contribution is -2.69. The number of allylic oxidation sites excluding steroid dienone is 1. The van der Waals surface area contributed by atoms with Gasteiger partial charge in [0.2, 0.25) is 0 Å². The van der Waals surface area contributed by atoms with E-state index in [1.54, 1.807) is 0 Å². The molecular formula is C13H20N2. The molecule has 0 aromatic heterocycles. The van der Waals surface area contributed by atoms with E-state index >= 15 is 0 Å². The molecule has 0 aromatic carbocycles.